The summed E-state index contributed by atoms with van der Waals surface area (Å²) in [5.74, 6) is 0.287. The van der Waals surface area contributed by atoms with Gasteiger partial charge >= 0.3 is 0 Å². The minimum Gasteiger partial charge on any atom is -0.506 e. The van der Waals surface area contributed by atoms with Gasteiger partial charge in [-0.15, -0.1) is 0 Å². The van der Waals surface area contributed by atoms with Gasteiger partial charge in [-0.2, -0.15) is 0 Å². The van der Waals surface area contributed by atoms with Gasteiger partial charge in [-0.1, -0.05) is 42.8 Å². The van der Waals surface area contributed by atoms with Gasteiger partial charge in [0.15, 0.2) is 0 Å². The number of benzene rings is 1. The lowest BCUT2D eigenvalue weighted by Crippen LogP contribution is -2.10. The van der Waals surface area contributed by atoms with Crippen molar-refractivity contribution < 1.29 is 5.11 Å². The van der Waals surface area contributed by atoms with Crippen molar-refractivity contribution in [3.8, 4) is 5.75 Å². The molecule has 0 saturated carbocycles. The molecule has 0 aliphatic rings. The highest BCUT2D eigenvalue weighted by molar-refractivity contribution is 9.10. The van der Waals surface area contributed by atoms with E-state index in [4.69, 9.17) is 0 Å². The highest BCUT2D eigenvalue weighted by atomic mass is 79.9. The van der Waals surface area contributed by atoms with E-state index in [1.54, 1.807) is 6.07 Å². The zero-order valence-electron chi connectivity index (χ0n) is 10.3. The molecule has 3 heteroatoms. The lowest BCUT2D eigenvalue weighted by atomic mass is 9.90. The molecular weight excluding hydrogens is 278 g/mol. The average Bonchev–Trinajstić information content (AvgIpc) is 2.17. The fraction of sp³-hybridized carbons (Fsp3) is 0.357. The molecule has 1 heterocycles. The van der Waals surface area contributed by atoms with Crippen LogP contribution in [0.15, 0.2) is 28.7 Å². The normalized spacial score (nSPS) is 12.0. The molecule has 2 nitrogen and oxygen atoms in total. The molecule has 2 rings (SSSR count). The molecule has 0 radical (unpaired) electrons. The molecule has 1 aromatic carbocycles. The summed E-state index contributed by atoms with van der Waals surface area (Å²) in [4.78, 5) is 4.54. The summed E-state index contributed by atoms with van der Waals surface area (Å²) in [7, 11) is 0. The van der Waals surface area contributed by atoms with Crippen LogP contribution in [0.2, 0.25) is 0 Å². The minimum absolute atomic E-state index is 0.115. The first kappa shape index (κ1) is 12.4. The van der Waals surface area contributed by atoms with Crippen molar-refractivity contribution in [1.82, 2.24) is 4.98 Å². The summed E-state index contributed by atoms with van der Waals surface area (Å²) >= 11 is 3.43. The first-order valence-corrected chi connectivity index (χ1v) is 6.43. The quantitative estimate of drug-likeness (QED) is 0.851. The number of hydrogen-bond donors (Lipinski definition) is 1. The van der Waals surface area contributed by atoms with Crippen LogP contribution in [0.25, 0.3) is 10.9 Å². The first-order valence-electron chi connectivity index (χ1n) is 5.63. The minimum atomic E-state index is 0.115. The van der Waals surface area contributed by atoms with Gasteiger partial charge in [0.2, 0.25) is 0 Å². The predicted octanol–water partition coefficient (Wildman–Crippen LogP) is 4.29. The standard InChI is InChI=1S/C14H16BrNO/c1-14(2,3)8-12-13(17)6-9-4-5-10(15)7-11(9)16-12/h4-7,17H,8H2,1-3H3. The van der Waals surface area contributed by atoms with Crippen molar-refractivity contribution in [1.29, 1.82) is 0 Å². The van der Waals surface area contributed by atoms with Crippen LogP contribution >= 0.6 is 15.9 Å². The summed E-state index contributed by atoms with van der Waals surface area (Å²) in [6.07, 6.45) is 0.765. The summed E-state index contributed by atoms with van der Waals surface area (Å²) in [6.45, 7) is 6.41. The number of rotatable bonds is 1. The van der Waals surface area contributed by atoms with E-state index < -0.39 is 0 Å². The van der Waals surface area contributed by atoms with E-state index in [1.165, 1.54) is 0 Å². The topological polar surface area (TPSA) is 33.1 Å². The van der Waals surface area contributed by atoms with E-state index in [0.717, 1.165) is 27.5 Å². The van der Waals surface area contributed by atoms with Gasteiger partial charge in [-0.05, 0) is 30.0 Å². The second-order valence-electron chi connectivity index (χ2n) is 5.53. The molecule has 0 amide bonds. The Hall–Kier alpha value is -1.09. The SMILES string of the molecule is CC(C)(C)Cc1nc2cc(Br)ccc2cc1O. The van der Waals surface area contributed by atoms with E-state index in [0.29, 0.717) is 0 Å². The molecule has 0 unspecified atom stereocenters. The highest BCUT2D eigenvalue weighted by Crippen LogP contribution is 2.29. The Morgan fingerprint density at radius 1 is 1.24 bits per heavy atom. The van der Waals surface area contributed by atoms with Crippen LogP contribution in [-0.4, -0.2) is 10.1 Å². The number of nitrogens with zero attached hydrogens (tertiary/aromatic N) is 1. The first-order chi connectivity index (χ1) is 7.85. The molecule has 17 heavy (non-hydrogen) atoms. The Labute approximate surface area is 110 Å². The van der Waals surface area contributed by atoms with E-state index in [-0.39, 0.29) is 11.2 Å². The lowest BCUT2D eigenvalue weighted by molar-refractivity contribution is 0.389. The smallest absolute Gasteiger partial charge is 0.137 e. The molecule has 0 spiro atoms. The van der Waals surface area contributed by atoms with Gasteiger partial charge in [0.1, 0.15) is 5.75 Å². The Morgan fingerprint density at radius 2 is 1.94 bits per heavy atom. The van der Waals surface area contributed by atoms with Gasteiger partial charge in [0, 0.05) is 9.86 Å². The molecule has 2 aromatic rings. The zero-order chi connectivity index (χ0) is 12.6. The van der Waals surface area contributed by atoms with Crippen molar-refractivity contribution >= 4 is 26.8 Å². The van der Waals surface area contributed by atoms with Gasteiger partial charge in [0.05, 0.1) is 11.2 Å². The maximum atomic E-state index is 9.97. The van der Waals surface area contributed by atoms with Crippen LogP contribution in [0.1, 0.15) is 26.5 Å². The van der Waals surface area contributed by atoms with Crippen LogP contribution in [0.5, 0.6) is 5.75 Å². The number of aromatic hydroxyl groups is 1. The van der Waals surface area contributed by atoms with E-state index in [9.17, 15) is 5.11 Å². The monoisotopic (exact) mass is 293 g/mol. The van der Waals surface area contributed by atoms with E-state index in [1.807, 2.05) is 18.2 Å². The van der Waals surface area contributed by atoms with Crippen molar-refractivity contribution in [3.63, 3.8) is 0 Å². The van der Waals surface area contributed by atoms with Crippen molar-refractivity contribution in [2.45, 2.75) is 27.2 Å². The maximum absolute atomic E-state index is 9.97. The van der Waals surface area contributed by atoms with Crippen LogP contribution < -0.4 is 0 Å². The Kier molecular flexibility index (Phi) is 3.13. The summed E-state index contributed by atoms with van der Waals surface area (Å²) in [5.41, 5.74) is 1.80. The van der Waals surface area contributed by atoms with Gasteiger partial charge in [-0.3, -0.25) is 0 Å². The third-order valence-electron chi connectivity index (χ3n) is 2.53. The maximum Gasteiger partial charge on any atom is 0.137 e. The summed E-state index contributed by atoms with van der Waals surface area (Å²) in [6, 6.07) is 7.66. The van der Waals surface area contributed by atoms with Crippen LogP contribution in [0.3, 0.4) is 0 Å². The number of pyridine rings is 1. The molecule has 90 valence electrons. The third kappa shape index (κ3) is 2.97. The third-order valence-corrected chi connectivity index (χ3v) is 3.03. The van der Waals surface area contributed by atoms with Crippen molar-refractivity contribution in [3.05, 3.63) is 34.4 Å². The van der Waals surface area contributed by atoms with Gasteiger partial charge in [-0.25, -0.2) is 4.98 Å². The highest BCUT2D eigenvalue weighted by Gasteiger charge is 2.16. The van der Waals surface area contributed by atoms with Gasteiger partial charge in [0.25, 0.3) is 0 Å². The summed E-state index contributed by atoms with van der Waals surface area (Å²) < 4.78 is 1.00. The fourth-order valence-electron chi connectivity index (χ4n) is 1.80. The van der Waals surface area contributed by atoms with Crippen molar-refractivity contribution in [2.24, 2.45) is 5.41 Å². The fourth-order valence-corrected chi connectivity index (χ4v) is 2.15. The largest absolute Gasteiger partial charge is 0.506 e. The zero-order valence-corrected chi connectivity index (χ0v) is 11.9. The molecule has 1 N–H and O–H groups in total. The predicted molar refractivity (Wildman–Crippen MR) is 74.3 cm³/mol. The second-order valence-corrected chi connectivity index (χ2v) is 6.44. The molecule has 0 fully saturated rings. The number of fused-ring (bicyclic) bond motifs is 1. The Morgan fingerprint density at radius 3 is 2.59 bits per heavy atom. The molecule has 0 saturated heterocycles. The van der Waals surface area contributed by atoms with Crippen LogP contribution in [0.4, 0.5) is 0 Å². The summed E-state index contributed by atoms with van der Waals surface area (Å²) in [5, 5.41) is 10.9. The lowest BCUT2D eigenvalue weighted by Gasteiger charge is -2.18. The second kappa shape index (κ2) is 4.30. The van der Waals surface area contributed by atoms with Crippen LogP contribution in [0, 0.1) is 5.41 Å². The molecule has 0 bridgehead atoms. The average molecular weight is 294 g/mol. The molecule has 1 aromatic heterocycles. The number of hydrogen-bond acceptors (Lipinski definition) is 2. The number of aromatic nitrogens is 1. The van der Waals surface area contributed by atoms with Crippen LogP contribution in [-0.2, 0) is 6.42 Å². The van der Waals surface area contributed by atoms with Crippen molar-refractivity contribution in [2.75, 3.05) is 0 Å². The molecule has 0 aliphatic heterocycles. The number of halogens is 1. The van der Waals surface area contributed by atoms with E-state index >= 15 is 0 Å². The molecular formula is C14H16BrNO. The Bertz CT molecular complexity index is 558. The Balaban J connectivity index is 2.53. The molecule has 0 aliphatic carbocycles. The van der Waals surface area contributed by atoms with E-state index in [2.05, 4.69) is 41.7 Å². The van der Waals surface area contributed by atoms with Gasteiger partial charge < -0.3 is 5.11 Å². The molecule has 0 atom stereocenters.